The van der Waals surface area contributed by atoms with E-state index in [-0.39, 0.29) is 23.6 Å². The van der Waals surface area contributed by atoms with Gasteiger partial charge in [0.05, 0.1) is 12.2 Å². The summed E-state index contributed by atoms with van der Waals surface area (Å²) in [4.78, 5) is 24.8. The summed E-state index contributed by atoms with van der Waals surface area (Å²) in [7, 11) is 0. The lowest BCUT2D eigenvalue weighted by Crippen LogP contribution is -2.60. The van der Waals surface area contributed by atoms with Gasteiger partial charge in [0.15, 0.2) is 12.4 Å². The molecule has 5 saturated carbocycles. The van der Waals surface area contributed by atoms with Crippen molar-refractivity contribution in [1.29, 1.82) is 0 Å². The first-order chi connectivity index (χ1) is 15.2. The van der Waals surface area contributed by atoms with Crippen LogP contribution >= 0.6 is 0 Å². The molecule has 0 radical (unpaired) electrons. The van der Waals surface area contributed by atoms with Crippen LogP contribution in [0, 0.1) is 23.7 Å². The topological polar surface area (TPSA) is 71.1 Å². The number of rotatable bonds is 9. The van der Waals surface area contributed by atoms with Crippen molar-refractivity contribution in [2.75, 3.05) is 6.61 Å². The lowest BCUT2D eigenvalue weighted by atomic mass is 9.53. The third kappa shape index (κ3) is 5.39. The van der Waals surface area contributed by atoms with Crippen LogP contribution in [0.2, 0.25) is 0 Å². The molecule has 0 saturated heterocycles. The van der Waals surface area contributed by atoms with Crippen molar-refractivity contribution in [3.63, 3.8) is 0 Å². The molecule has 0 aromatic heterocycles. The highest BCUT2D eigenvalue weighted by Crippen LogP contribution is 2.58. The molecule has 4 unspecified atom stereocenters. The summed E-state index contributed by atoms with van der Waals surface area (Å²) in [5.41, 5.74) is 0.133. The Morgan fingerprint density at radius 3 is 2.31 bits per heavy atom. The molecule has 5 aliphatic rings. The lowest BCUT2D eigenvalue weighted by molar-refractivity contribution is -0.234. The van der Waals surface area contributed by atoms with Crippen LogP contribution in [-0.4, -0.2) is 42.6 Å². The molecule has 4 bridgehead atoms. The molecule has 32 heavy (non-hydrogen) atoms. The van der Waals surface area contributed by atoms with E-state index in [9.17, 15) is 9.59 Å². The summed E-state index contributed by atoms with van der Waals surface area (Å²) in [6, 6.07) is 0. The molecular weight excluding hydrogens is 408 g/mol. The van der Waals surface area contributed by atoms with E-state index in [0.29, 0.717) is 35.9 Å². The Balaban J connectivity index is 1.27. The number of hydrogen-bond donors (Lipinski definition) is 0. The molecule has 5 rings (SSSR count). The van der Waals surface area contributed by atoms with Crippen molar-refractivity contribution in [2.45, 2.75) is 109 Å². The van der Waals surface area contributed by atoms with E-state index in [0.717, 1.165) is 32.1 Å². The normalized spacial score (nSPS) is 35.8. The lowest BCUT2D eigenvalue weighted by Gasteiger charge is -2.59. The second-order valence-electron chi connectivity index (χ2n) is 10.9. The molecule has 0 aliphatic heterocycles. The quantitative estimate of drug-likeness (QED) is 0.283. The molecule has 6 nitrogen and oxygen atoms in total. The summed E-state index contributed by atoms with van der Waals surface area (Å²) >= 11 is 0. The molecule has 0 N–H and O–H groups in total. The van der Waals surface area contributed by atoms with E-state index >= 15 is 0 Å². The van der Waals surface area contributed by atoms with E-state index < -0.39 is 12.4 Å². The minimum Gasteiger partial charge on any atom is -0.458 e. The van der Waals surface area contributed by atoms with Crippen molar-refractivity contribution in [1.82, 2.24) is 0 Å². The first kappa shape index (κ1) is 23.7. The Kier molecular flexibility index (Phi) is 7.30. The molecule has 180 valence electrons. The van der Waals surface area contributed by atoms with Crippen molar-refractivity contribution in [3.8, 4) is 0 Å². The van der Waals surface area contributed by atoms with Crippen LogP contribution < -0.4 is 0 Å². The zero-order valence-corrected chi connectivity index (χ0v) is 20.0. The Morgan fingerprint density at radius 1 is 1.03 bits per heavy atom. The van der Waals surface area contributed by atoms with Gasteiger partial charge in [-0.25, -0.2) is 9.59 Å². The third-order valence-corrected chi connectivity index (χ3v) is 8.05. The number of carbonyl (C=O) groups is 2. The van der Waals surface area contributed by atoms with E-state index in [4.69, 9.17) is 18.9 Å². The number of ether oxygens (including phenoxy) is 4. The van der Waals surface area contributed by atoms with E-state index in [2.05, 4.69) is 6.58 Å². The first-order valence-corrected chi connectivity index (χ1v) is 12.6. The Bertz CT molecular complexity index is 695. The predicted molar refractivity (Wildman–Crippen MR) is 120 cm³/mol. The van der Waals surface area contributed by atoms with Crippen molar-refractivity contribution in [3.05, 3.63) is 12.2 Å². The van der Waals surface area contributed by atoms with Gasteiger partial charge in [0.25, 0.3) is 0 Å². The summed E-state index contributed by atoms with van der Waals surface area (Å²) < 4.78 is 23.6. The number of hydrogen-bond acceptors (Lipinski definition) is 6. The maximum Gasteiger partial charge on any atom is 0.337 e. The molecule has 0 aromatic carbocycles. The van der Waals surface area contributed by atoms with Gasteiger partial charge in [0, 0.05) is 5.57 Å². The Hall–Kier alpha value is -1.40. The van der Waals surface area contributed by atoms with Gasteiger partial charge in [-0.3, -0.25) is 0 Å². The smallest absolute Gasteiger partial charge is 0.337 e. The number of carbonyl (C=O) groups excluding carboxylic acids is 2. The molecule has 0 aromatic rings. The molecule has 5 aliphatic carbocycles. The average molecular weight is 449 g/mol. The average Bonchev–Trinajstić information content (AvgIpc) is 2.74. The third-order valence-electron chi connectivity index (χ3n) is 8.05. The van der Waals surface area contributed by atoms with Gasteiger partial charge in [0.1, 0.15) is 6.10 Å². The zero-order chi connectivity index (χ0) is 22.9. The van der Waals surface area contributed by atoms with Gasteiger partial charge in [-0.2, -0.15) is 0 Å². The Morgan fingerprint density at radius 2 is 1.69 bits per heavy atom. The molecular formula is C26H40O6. The molecule has 0 heterocycles. The van der Waals surface area contributed by atoms with Gasteiger partial charge < -0.3 is 18.9 Å². The highest BCUT2D eigenvalue weighted by atomic mass is 16.7. The molecule has 6 heteroatoms. The standard InChI is InChI=1S/C26H40O6/c1-16(2)24(27)31-23-21-10-20-11-22(23)14-26(12-20,13-21)32-17(3)25(28)30-18(4)29-15-19-8-6-5-7-9-19/h17-23H,1,5-15H2,2-4H3. The van der Waals surface area contributed by atoms with Gasteiger partial charge in [0.2, 0.25) is 0 Å². The summed E-state index contributed by atoms with van der Waals surface area (Å²) in [6.07, 6.45) is 9.80. The van der Waals surface area contributed by atoms with E-state index in [1.165, 1.54) is 32.1 Å². The van der Waals surface area contributed by atoms with Crippen molar-refractivity contribution in [2.24, 2.45) is 23.7 Å². The fraction of sp³-hybridized carbons (Fsp3) is 0.846. The fourth-order valence-electron chi connectivity index (χ4n) is 6.81. The largest absolute Gasteiger partial charge is 0.458 e. The zero-order valence-electron chi connectivity index (χ0n) is 20.0. The summed E-state index contributed by atoms with van der Waals surface area (Å²) in [5, 5.41) is 0. The minimum atomic E-state index is -0.636. The van der Waals surface area contributed by atoms with Crippen molar-refractivity contribution >= 4 is 11.9 Å². The maximum atomic E-state index is 12.7. The van der Waals surface area contributed by atoms with E-state index in [1.54, 1.807) is 20.8 Å². The van der Waals surface area contributed by atoms with Gasteiger partial charge in [-0.15, -0.1) is 0 Å². The minimum absolute atomic E-state index is 0.0528. The summed E-state index contributed by atoms with van der Waals surface area (Å²) in [5.74, 6) is 1.10. The van der Waals surface area contributed by atoms with Crippen LogP contribution in [0.4, 0.5) is 0 Å². The molecule has 4 atom stereocenters. The van der Waals surface area contributed by atoms with Crippen LogP contribution in [0.3, 0.4) is 0 Å². The molecule has 5 fully saturated rings. The predicted octanol–water partition coefficient (Wildman–Crippen LogP) is 4.94. The monoisotopic (exact) mass is 448 g/mol. The van der Waals surface area contributed by atoms with Gasteiger partial charge in [-0.1, -0.05) is 25.8 Å². The molecule has 0 spiro atoms. The number of esters is 2. The van der Waals surface area contributed by atoms with Crippen LogP contribution in [-0.2, 0) is 28.5 Å². The molecule has 0 amide bonds. The van der Waals surface area contributed by atoms with Crippen LogP contribution in [0.5, 0.6) is 0 Å². The highest BCUT2D eigenvalue weighted by Gasteiger charge is 2.58. The van der Waals surface area contributed by atoms with Crippen molar-refractivity contribution < 1.29 is 28.5 Å². The second-order valence-corrected chi connectivity index (χ2v) is 10.9. The second kappa shape index (κ2) is 9.84. The maximum absolute atomic E-state index is 12.7. The van der Waals surface area contributed by atoms with Gasteiger partial charge in [-0.05, 0) is 89.4 Å². The highest BCUT2D eigenvalue weighted by molar-refractivity contribution is 5.87. The van der Waals surface area contributed by atoms with E-state index in [1.807, 2.05) is 0 Å². The van der Waals surface area contributed by atoms with Crippen LogP contribution in [0.25, 0.3) is 0 Å². The van der Waals surface area contributed by atoms with Crippen LogP contribution in [0.1, 0.15) is 85.0 Å². The fourth-order valence-corrected chi connectivity index (χ4v) is 6.81. The van der Waals surface area contributed by atoms with Crippen LogP contribution in [0.15, 0.2) is 12.2 Å². The first-order valence-electron chi connectivity index (χ1n) is 12.6. The summed E-state index contributed by atoms with van der Waals surface area (Å²) in [6.45, 7) is 9.63. The van der Waals surface area contributed by atoms with Gasteiger partial charge >= 0.3 is 11.9 Å². The Labute approximate surface area is 192 Å². The SMILES string of the molecule is C=C(C)C(=O)OC1C2CC3CC1CC(OC(C)C(=O)OC(C)OCC1CCCCC1)(C3)C2.